The van der Waals surface area contributed by atoms with Crippen molar-refractivity contribution in [3.63, 3.8) is 0 Å². The van der Waals surface area contributed by atoms with E-state index >= 15 is 0 Å². The number of morpholine rings is 1. The quantitative estimate of drug-likeness (QED) is 0.149. The van der Waals surface area contributed by atoms with Gasteiger partial charge in [0.05, 0.1) is 13.2 Å². The van der Waals surface area contributed by atoms with Crippen LogP contribution in [0.5, 0.6) is 0 Å². The van der Waals surface area contributed by atoms with Gasteiger partial charge in [-0.1, -0.05) is 65.5 Å². The summed E-state index contributed by atoms with van der Waals surface area (Å²) >= 11 is 0. The van der Waals surface area contributed by atoms with Crippen LogP contribution in [0, 0.1) is 51.8 Å². The highest BCUT2D eigenvalue weighted by molar-refractivity contribution is 6.01. The highest BCUT2D eigenvalue weighted by Gasteiger charge is 2.59. The predicted octanol–water partition coefficient (Wildman–Crippen LogP) is 7.41. The lowest BCUT2D eigenvalue weighted by Gasteiger charge is -2.58. The van der Waals surface area contributed by atoms with Crippen molar-refractivity contribution in [2.45, 2.75) is 125 Å². The molecule has 6 heteroatoms. The molecule has 1 saturated heterocycles. The molecule has 0 unspecified atom stereocenters. The van der Waals surface area contributed by atoms with Crippen molar-refractivity contribution >= 4 is 11.9 Å². The molecule has 5 rings (SSSR count). The van der Waals surface area contributed by atoms with Crippen molar-refractivity contribution in [3.05, 3.63) is 11.6 Å². The highest BCUT2D eigenvalue weighted by atomic mass is 16.5. The third kappa shape index (κ3) is 6.82. The van der Waals surface area contributed by atoms with E-state index in [4.69, 9.17) is 9.47 Å². The zero-order valence-electron chi connectivity index (χ0n) is 29.2. The van der Waals surface area contributed by atoms with E-state index in [9.17, 15) is 9.59 Å². The summed E-state index contributed by atoms with van der Waals surface area (Å²) in [7, 11) is 0. The van der Waals surface area contributed by atoms with Crippen molar-refractivity contribution in [1.82, 2.24) is 10.2 Å². The second-order valence-corrected chi connectivity index (χ2v) is 16.9. The molecule has 8 atom stereocenters. The lowest BCUT2D eigenvalue weighted by atomic mass is 9.47. The number of amides is 1. The van der Waals surface area contributed by atoms with Gasteiger partial charge in [-0.3, -0.25) is 14.5 Å². The minimum Gasteiger partial charge on any atom is -0.461 e. The predicted molar refractivity (Wildman–Crippen MR) is 177 cm³/mol. The van der Waals surface area contributed by atoms with Crippen molar-refractivity contribution in [2.75, 3.05) is 39.4 Å². The zero-order chi connectivity index (χ0) is 31.7. The molecule has 6 nitrogen and oxygen atoms in total. The molecule has 5 aliphatic rings. The van der Waals surface area contributed by atoms with E-state index in [-0.39, 0.29) is 17.4 Å². The summed E-state index contributed by atoms with van der Waals surface area (Å²) in [5, 5.41) is 2.98. The van der Waals surface area contributed by atoms with Gasteiger partial charge in [0.1, 0.15) is 11.5 Å². The largest absolute Gasteiger partial charge is 0.461 e. The molecule has 0 aromatic rings. The van der Waals surface area contributed by atoms with Crippen LogP contribution >= 0.6 is 0 Å². The van der Waals surface area contributed by atoms with Gasteiger partial charge in [0, 0.05) is 32.6 Å². The third-order valence-corrected chi connectivity index (χ3v) is 13.4. The maximum absolute atomic E-state index is 13.3. The van der Waals surface area contributed by atoms with Gasteiger partial charge in [0.25, 0.3) is 0 Å². The number of rotatable bonds is 11. The molecule has 4 fully saturated rings. The van der Waals surface area contributed by atoms with E-state index in [1.54, 1.807) is 13.8 Å². The Hall–Kier alpha value is -1.40. The van der Waals surface area contributed by atoms with Gasteiger partial charge in [-0.25, -0.2) is 0 Å². The smallest absolute Gasteiger partial charge is 0.321 e. The average molecular weight is 613 g/mol. The molecule has 44 heavy (non-hydrogen) atoms. The molecule has 0 radical (unpaired) electrons. The average Bonchev–Trinajstić information content (AvgIpc) is 3.35. The zero-order valence-corrected chi connectivity index (χ0v) is 29.2. The topological polar surface area (TPSA) is 67.9 Å². The van der Waals surface area contributed by atoms with Crippen molar-refractivity contribution in [1.29, 1.82) is 0 Å². The van der Waals surface area contributed by atoms with Gasteiger partial charge < -0.3 is 14.8 Å². The third-order valence-electron chi connectivity index (χ3n) is 13.4. The molecule has 0 aromatic heterocycles. The first-order valence-corrected chi connectivity index (χ1v) is 18.3. The Morgan fingerprint density at radius 3 is 2.52 bits per heavy atom. The lowest BCUT2D eigenvalue weighted by molar-refractivity contribution is -0.165. The van der Waals surface area contributed by atoms with Gasteiger partial charge in [-0.2, -0.15) is 0 Å². The first kappa shape index (κ1) is 33.9. The fourth-order valence-electron chi connectivity index (χ4n) is 10.5. The van der Waals surface area contributed by atoms with Crippen LogP contribution in [0.15, 0.2) is 11.6 Å². The summed E-state index contributed by atoms with van der Waals surface area (Å²) in [5.41, 5.74) is 1.05. The molecule has 0 spiro atoms. The summed E-state index contributed by atoms with van der Waals surface area (Å²) in [5.74, 6) is 4.30. The van der Waals surface area contributed by atoms with Gasteiger partial charge in [-0.15, -0.1) is 0 Å². The van der Waals surface area contributed by atoms with Crippen LogP contribution in [0.2, 0.25) is 0 Å². The Balaban J connectivity index is 1.16. The summed E-state index contributed by atoms with van der Waals surface area (Å²) in [6.45, 7) is 20.4. The summed E-state index contributed by atoms with van der Waals surface area (Å²) in [4.78, 5) is 28.6. The molecular formula is C38H64N2O4. The van der Waals surface area contributed by atoms with Crippen LogP contribution in [0.3, 0.4) is 0 Å². The van der Waals surface area contributed by atoms with E-state index in [1.807, 2.05) is 0 Å². The van der Waals surface area contributed by atoms with Gasteiger partial charge in [0.15, 0.2) is 0 Å². The summed E-state index contributed by atoms with van der Waals surface area (Å²) in [6.07, 6.45) is 16.2. The number of esters is 1. The van der Waals surface area contributed by atoms with E-state index in [1.165, 1.54) is 56.9 Å². The summed E-state index contributed by atoms with van der Waals surface area (Å²) < 4.78 is 11.5. The molecule has 0 bridgehead atoms. The molecule has 1 heterocycles. The van der Waals surface area contributed by atoms with Gasteiger partial charge in [0.2, 0.25) is 5.91 Å². The number of allylic oxidation sites excluding steroid dienone is 1. The molecule has 1 N–H and O–H groups in total. The minimum atomic E-state index is -1.20. The summed E-state index contributed by atoms with van der Waals surface area (Å²) in [6, 6.07) is 0. The van der Waals surface area contributed by atoms with Crippen LogP contribution in [0.1, 0.15) is 119 Å². The van der Waals surface area contributed by atoms with E-state index in [0.29, 0.717) is 12.0 Å². The molecule has 4 aliphatic carbocycles. The standard InChI is InChI=1S/C38H64N2O4/c1-26(2)9-8-10-27(3)31-13-14-32-30-12-11-28-25-29(15-17-37(28,6)33(30)16-18-38(31,32)7)44-35(42)36(4,5)34(41)39-19-20-40-21-23-43-24-22-40/h11,26-27,29-33H,8-10,12-25H2,1-7H3,(H,39,41)/t27-,29+,30+,31-,32+,33+,37+,38-/m1/s1. The number of ether oxygens (including phenoxy) is 2. The van der Waals surface area contributed by atoms with Crippen LogP contribution in [0.25, 0.3) is 0 Å². The van der Waals surface area contributed by atoms with Crippen molar-refractivity contribution < 1.29 is 19.1 Å². The first-order valence-electron chi connectivity index (χ1n) is 18.3. The van der Waals surface area contributed by atoms with E-state index in [2.05, 4.69) is 50.9 Å². The molecule has 1 aliphatic heterocycles. The van der Waals surface area contributed by atoms with Gasteiger partial charge in [-0.05, 0) is 105 Å². The molecule has 3 saturated carbocycles. The Bertz CT molecular complexity index is 1050. The second kappa shape index (κ2) is 13.8. The Morgan fingerprint density at radius 1 is 1.05 bits per heavy atom. The van der Waals surface area contributed by atoms with Gasteiger partial charge >= 0.3 is 5.97 Å². The maximum atomic E-state index is 13.3. The second-order valence-electron chi connectivity index (χ2n) is 16.9. The fraction of sp³-hybridized carbons (Fsp3) is 0.895. The van der Waals surface area contributed by atoms with E-state index in [0.717, 1.165) is 87.6 Å². The monoisotopic (exact) mass is 612 g/mol. The molecule has 250 valence electrons. The minimum absolute atomic E-state index is 0.129. The number of hydrogen-bond acceptors (Lipinski definition) is 5. The highest BCUT2D eigenvalue weighted by Crippen LogP contribution is 2.67. The van der Waals surface area contributed by atoms with Crippen molar-refractivity contribution in [2.24, 2.45) is 51.8 Å². The maximum Gasteiger partial charge on any atom is 0.321 e. The van der Waals surface area contributed by atoms with E-state index < -0.39 is 11.4 Å². The van der Waals surface area contributed by atoms with Crippen molar-refractivity contribution in [3.8, 4) is 0 Å². The Morgan fingerprint density at radius 2 is 1.80 bits per heavy atom. The number of nitrogens with one attached hydrogen (secondary N) is 1. The van der Waals surface area contributed by atoms with Crippen LogP contribution in [0.4, 0.5) is 0 Å². The number of carbonyl (C=O) groups is 2. The number of fused-ring (bicyclic) bond motifs is 5. The van der Waals surface area contributed by atoms with Crippen LogP contribution in [-0.2, 0) is 19.1 Å². The number of nitrogens with zero attached hydrogens (tertiary/aromatic N) is 1. The van der Waals surface area contributed by atoms with Crippen LogP contribution < -0.4 is 5.32 Å². The van der Waals surface area contributed by atoms with Crippen LogP contribution in [-0.4, -0.2) is 62.3 Å². The number of carbonyl (C=O) groups excluding carboxylic acids is 2. The molecule has 0 aromatic carbocycles. The SMILES string of the molecule is CC(C)CCC[C@@H](C)[C@H]1CC[C@H]2[C@@H]3CC=C4C[C@@H](OC(=O)C(C)(C)C(=O)NCCN5CCOCC5)CC[C@]4(C)[C@H]3CC[C@]12C. The fourth-order valence-corrected chi connectivity index (χ4v) is 10.5. The lowest BCUT2D eigenvalue weighted by Crippen LogP contribution is -2.51. The Kier molecular flexibility index (Phi) is 10.6. The molecular weight excluding hydrogens is 548 g/mol. The normalized spacial score (nSPS) is 36.5. The Labute approximate surface area is 268 Å². The molecule has 1 amide bonds. The number of hydrogen-bond donors (Lipinski definition) is 1. The first-order chi connectivity index (χ1) is 20.9.